The Bertz CT molecular complexity index is 1220. The van der Waals surface area contributed by atoms with Gasteiger partial charge in [0.2, 0.25) is 5.91 Å². The van der Waals surface area contributed by atoms with Crippen molar-refractivity contribution in [1.29, 1.82) is 0 Å². The predicted octanol–water partition coefficient (Wildman–Crippen LogP) is 4.75. The summed E-state index contributed by atoms with van der Waals surface area (Å²) >= 11 is 6.86. The number of aryl methyl sites for hydroxylation is 1. The minimum atomic E-state index is -1.11. The first-order valence-corrected chi connectivity index (χ1v) is 10.2. The first-order valence-electron chi connectivity index (χ1n) is 9.04. The molecule has 3 N–H and O–H groups in total. The van der Waals surface area contributed by atoms with Crippen LogP contribution in [0.5, 0.6) is 0 Å². The lowest BCUT2D eigenvalue weighted by Crippen LogP contribution is -2.32. The van der Waals surface area contributed by atoms with E-state index in [1.807, 2.05) is 0 Å². The van der Waals surface area contributed by atoms with E-state index in [1.165, 1.54) is 12.1 Å². The summed E-state index contributed by atoms with van der Waals surface area (Å²) in [4.78, 5) is 37.0. The molecule has 3 rings (SSSR count). The number of rotatable bonds is 6. The van der Waals surface area contributed by atoms with Crippen molar-refractivity contribution in [3.63, 3.8) is 0 Å². The Morgan fingerprint density at radius 2 is 1.69 bits per heavy atom. The summed E-state index contributed by atoms with van der Waals surface area (Å²) in [7, 11) is 0. The molecule has 0 spiro atoms. The van der Waals surface area contributed by atoms with Gasteiger partial charge in [-0.25, -0.2) is 13.2 Å². The second kappa shape index (κ2) is 9.84. The molecule has 3 amide bonds. The molecule has 0 aliphatic heterocycles. The van der Waals surface area contributed by atoms with Crippen molar-refractivity contribution in [2.24, 2.45) is 0 Å². The van der Waals surface area contributed by atoms with Gasteiger partial charge in [-0.3, -0.25) is 14.4 Å². The van der Waals surface area contributed by atoms with Crippen LogP contribution in [0, 0.1) is 24.4 Å². The maximum absolute atomic E-state index is 13.2. The van der Waals surface area contributed by atoms with Gasteiger partial charge in [0.05, 0.1) is 27.0 Å². The van der Waals surface area contributed by atoms with Crippen LogP contribution in [0.25, 0.3) is 0 Å². The number of carbonyl (C=O) groups excluding carboxylic acids is 3. The number of thiophene rings is 1. The maximum Gasteiger partial charge on any atom is 0.262 e. The summed E-state index contributed by atoms with van der Waals surface area (Å²) in [6.07, 6.45) is 0. The SMILES string of the molecule is Cc1cc(NC(=O)c2ccc(F)cc2Cl)sc1C(=O)NCC(=O)Nc1ccc(F)c(F)c1. The Kier molecular flexibility index (Phi) is 7.16. The molecule has 11 heteroatoms. The van der Waals surface area contributed by atoms with E-state index in [1.54, 1.807) is 13.0 Å². The van der Waals surface area contributed by atoms with Crippen molar-refractivity contribution in [3.8, 4) is 0 Å². The molecule has 0 aliphatic rings. The molecule has 0 fully saturated rings. The van der Waals surface area contributed by atoms with Gasteiger partial charge in [-0.1, -0.05) is 11.6 Å². The molecule has 0 unspecified atom stereocenters. The van der Waals surface area contributed by atoms with E-state index in [4.69, 9.17) is 11.6 Å². The largest absolute Gasteiger partial charge is 0.342 e. The van der Waals surface area contributed by atoms with Crippen molar-refractivity contribution in [2.45, 2.75) is 6.92 Å². The first kappa shape index (κ1) is 23.3. The lowest BCUT2D eigenvalue weighted by Gasteiger charge is -2.07. The fraction of sp³-hybridized carbons (Fsp3) is 0.0952. The van der Waals surface area contributed by atoms with Gasteiger partial charge in [0.1, 0.15) is 5.82 Å². The number of hydrogen-bond donors (Lipinski definition) is 3. The normalized spacial score (nSPS) is 10.5. The van der Waals surface area contributed by atoms with E-state index in [9.17, 15) is 27.6 Å². The number of amides is 3. The molecule has 1 aromatic heterocycles. The third kappa shape index (κ3) is 5.65. The average molecular weight is 482 g/mol. The topological polar surface area (TPSA) is 87.3 Å². The Morgan fingerprint density at radius 1 is 0.938 bits per heavy atom. The highest BCUT2D eigenvalue weighted by Gasteiger charge is 2.18. The molecular formula is C21H15ClF3N3O3S. The lowest BCUT2D eigenvalue weighted by atomic mass is 10.2. The molecule has 0 saturated heterocycles. The minimum Gasteiger partial charge on any atom is -0.342 e. The van der Waals surface area contributed by atoms with Crippen LogP contribution in [0.3, 0.4) is 0 Å². The zero-order valence-electron chi connectivity index (χ0n) is 16.4. The average Bonchev–Trinajstić information content (AvgIpc) is 3.08. The first-order chi connectivity index (χ1) is 15.1. The molecule has 0 radical (unpaired) electrons. The monoisotopic (exact) mass is 481 g/mol. The highest BCUT2D eigenvalue weighted by atomic mass is 35.5. The zero-order chi connectivity index (χ0) is 23.4. The molecule has 0 saturated carbocycles. The molecule has 166 valence electrons. The third-order valence-electron chi connectivity index (χ3n) is 4.15. The van der Waals surface area contributed by atoms with Crippen molar-refractivity contribution < 1.29 is 27.6 Å². The molecule has 6 nitrogen and oxygen atoms in total. The van der Waals surface area contributed by atoms with Crippen molar-refractivity contribution >= 4 is 51.3 Å². The Hall–Kier alpha value is -3.37. The Balaban J connectivity index is 1.59. The van der Waals surface area contributed by atoms with E-state index in [0.29, 0.717) is 10.6 Å². The van der Waals surface area contributed by atoms with Crippen LogP contribution in [-0.2, 0) is 4.79 Å². The van der Waals surface area contributed by atoms with Crippen molar-refractivity contribution in [1.82, 2.24) is 5.32 Å². The molecule has 0 aliphatic carbocycles. The molecule has 32 heavy (non-hydrogen) atoms. The Morgan fingerprint density at radius 3 is 2.38 bits per heavy atom. The second-order valence-electron chi connectivity index (χ2n) is 6.56. The number of benzene rings is 2. The van der Waals surface area contributed by atoms with Crippen LogP contribution < -0.4 is 16.0 Å². The van der Waals surface area contributed by atoms with Crippen molar-refractivity contribution in [2.75, 3.05) is 17.2 Å². The van der Waals surface area contributed by atoms with Crippen LogP contribution in [0.15, 0.2) is 42.5 Å². The van der Waals surface area contributed by atoms with E-state index in [0.717, 1.165) is 35.6 Å². The highest BCUT2D eigenvalue weighted by molar-refractivity contribution is 7.18. The van der Waals surface area contributed by atoms with Crippen LogP contribution in [0.4, 0.5) is 23.9 Å². The molecule has 0 atom stereocenters. The predicted molar refractivity (Wildman–Crippen MR) is 116 cm³/mol. The smallest absolute Gasteiger partial charge is 0.262 e. The van der Waals surface area contributed by atoms with Gasteiger partial charge >= 0.3 is 0 Å². The van der Waals surface area contributed by atoms with Crippen LogP contribution in [0.1, 0.15) is 25.6 Å². The van der Waals surface area contributed by atoms with E-state index >= 15 is 0 Å². The summed E-state index contributed by atoms with van der Waals surface area (Å²) in [5.74, 6) is -4.52. The zero-order valence-corrected chi connectivity index (χ0v) is 18.0. The van der Waals surface area contributed by atoms with E-state index in [2.05, 4.69) is 16.0 Å². The molecule has 3 aromatic rings. The number of anilines is 2. The van der Waals surface area contributed by atoms with Gasteiger partial charge in [-0.15, -0.1) is 11.3 Å². The van der Waals surface area contributed by atoms with Gasteiger partial charge in [-0.05, 0) is 48.9 Å². The van der Waals surface area contributed by atoms with Gasteiger partial charge in [0.25, 0.3) is 11.8 Å². The number of hydrogen-bond acceptors (Lipinski definition) is 4. The minimum absolute atomic E-state index is 0.0416. The van der Waals surface area contributed by atoms with Gasteiger partial charge in [0, 0.05) is 11.8 Å². The molecular weight excluding hydrogens is 467 g/mol. The van der Waals surface area contributed by atoms with Crippen LogP contribution in [-0.4, -0.2) is 24.3 Å². The highest BCUT2D eigenvalue weighted by Crippen LogP contribution is 2.28. The van der Waals surface area contributed by atoms with Crippen molar-refractivity contribution in [3.05, 3.63) is 80.9 Å². The molecule has 1 heterocycles. The molecule has 2 aromatic carbocycles. The fourth-order valence-corrected chi connectivity index (χ4v) is 3.88. The number of halogens is 4. The summed E-state index contributed by atoms with van der Waals surface area (Å²) in [5.41, 5.74) is 0.660. The maximum atomic E-state index is 13.2. The number of nitrogens with one attached hydrogen (secondary N) is 3. The summed E-state index contributed by atoms with van der Waals surface area (Å²) in [6, 6.07) is 7.80. The number of carbonyl (C=O) groups is 3. The third-order valence-corrected chi connectivity index (χ3v) is 5.61. The van der Waals surface area contributed by atoms with Gasteiger partial charge in [0.15, 0.2) is 11.6 Å². The van der Waals surface area contributed by atoms with E-state index in [-0.39, 0.29) is 21.2 Å². The Labute approximate surface area is 189 Å². The van der Waals surface area contributed by atoms with Gasteiger partial charge in [-0.2, -0.15) is 0 Å². The summed E-state index contributed by atoms with van der Waals surface area (Å²) in [5, 5.41) is 7.64. The second-order valence-corrected chi connectivity index (χ2v) is 8.02. The quantitative estimate of drug-likeness (QED) is 0.475. The summed E-state index contributed by atoms with van der Waals surface area (Å²) < 4.78 is 39.3. The van der Waals surface area contributed by atoms with Crippen LogP contribution in [0.2, 0.25) is 5.02 Å². The fourth-order valence-electron chi connectivity index (χ4n) is 2.64. The van der Waals surface area contributed by atoms with Crippen LogP contribution >= 0.6 is 22.9 Å². The van der Waals surface area contributed by atoms with E-state index < -0.39 is 41.7 Å². The molecule has 0 bridgehead atoms. The summed E-state index contributed by atoms with van der Waals surface area (Å²) in [6.45, 7) is 1.23. The standard InChI is InChI=1S/C21H15ClF3N3O3S/c1-10-6-18(28-20(30)13-4-2-11(23)7-14(13)22)32-19(10)21(31)26-9-17(29)27-12-3-5-15(24)16(25)8-12/h2-8H,9H2,1H3,(H,26,31)(H,27,29)(H,28,30). The lowest BCUT2D eigenvalue weighted by molar-refractivity contribution is -0.115. The van der Waals surface area contributed by atoms with Gasteiger partial charge < -0.3 is 16.0 Å².